The van der Waals surface area contributed by atoms with Crippen molar-refractivity contribution in [1.29, 1.82) is 0 Å². The molecule has 0 bridgehead atoms. The summed E-state index contributed by atoms with van der Waals surface area (Å²) in [5, 5.41) is 12.0. The van der Waals surface area contributed by atoms with Crippen LogP contribution in [-0.2, 0) is 14.3 Å². The van der Waals surface area contributed by atoms with Gasteiger partial charge >= 0.3 is 5.97 Å². The molecule has 19 heavy (non-hydrogen) atoms. The van der Waals surface area contributed by atoms with Gasteiger partial charge < -0.3 is 19.9 Å². The number of esters is 1. The van der Waals surface area contributed by atoms with E-state index in [9.17, 15) is 4.79 Å². The van der Waals surface area contributed by atoms with Crippen molar-refractivity contribution in [3.63, 3.8) is 0 Å². The maximum atomic E-state index is 11.4. The van der Waals surface area contributed by atoms with Crippen LogP contribution in [-0.4, -0.2) is 37.4 Å². The first-order valence-corrected chi connectivity index (χ1v) is 6.34. The fourth-order valence-corrected chi connectivity index (χ4v) is 1.34. The van der Waals surface area contributed by atoms with E-state index >= 15 is 0 Å². The number of hydrogen-bond donors (Lipinski definition) is 2. The largest absolute Gasteiger partial charge is 0.508 e. The van der Waals surface area contributed by atoms with Crippen molar-refractivity contribution < 1.29 is 19.4 Å². The average Bonchev–Trinajstić information content (AvgIpc) is 2.37. The highest BCUT2D eigenvalue weighted by molar-refractivity contribution is 5.75. The summed E-state index contributed by atoms with van der Waals surface area (Å²) >= 11 is 0. The Kier molecular flexibility index (Phi) is 6.74. The van der Waals surface area contributed by atoms with Gasteiger partial charge in [0.25, 0.3) is 0 Å². The fraction of sp³-hybridized carbons (Fsp3) is 0.500. The van der Waals surface area contributed by atoms with Gasteiger partial charge in [-0.1, -0.05) is 13.8 Å². The zero-order valence-electron chi connectivity index (χ0n) is 11.4. The zero-order valence-corrected chi connectivity index (χ0v) is 11.4. The van der Waals surface area contributed by atoms with E-state index in [0.29, 0.717) is 19.1 Å². The van der Waals surface area contributed by atoms with E-state index in [0.717, 1.165) is 5.69 Å². The molecule has 5 nitrogen and oxygen atoms in total. The molecule has 5 heteroatoms. The number of benzene rings is 1. The third-order valence-electron chi connectivity index (χ3n) is 2.25. The SMILES string of the molecule is CC(C)COCCOC(=O)CNc1ccc(O)cc1. The number of aromatic hydroxyl groups is 1. The van der Waals surface area contributed by atoms with Crippen LogP contribution in [0.2, 0.25) is 0 Å². The van der Waals surface area contributed by atoms with Crippen molar-refractivity contribution in [1.82, 2.24) is 0 Å². The van der Waals surface area contributed by atoms with E-state index in [4.69, 9.17) is 14.6 Å². The third kappa shape index (κ3) is 7.31. The summed E-state index contributed by atoms with van der Waals surface area (Å²) in [6, 6.07) is 6.48. The van der Waals surface area contributed by atoms with Gasteiger partial charge in [0.2, 0.25) is 0 Å². The topological polar surface area (TPSA) is 67.8 Å². The van der Waals surface area contributed by atoms with Crippen LogP contribution < -0.4 is 5.32 Å². The van der Waals surface area contributed by atoms with Crippen LogP contribution in [0, 0.1) is 5.92 Å². The Labute approximate surface area is 113 Å². The summed E-state index contributed by atoms with van der Waals surface area (Å²) < 4.78 is 10.3. The predicted octanol–water partition coefficient (Wildman–Crippen LogP) is 2.02. The number of phenolic OH excluding ortho intramolecular Hbond substituents is 1. The van der Waals surface area contributed by atoms with Crippen LogP contribution in [0.15, 0.2) is 24.3 Å². The van der Waals surface area contributed by atoms with Gasteiger partial charge in [-0.15, -0.1) is 0 Å². The van der Waals surface area contributed by atoms with Crippen LogP contribution in [0.4, 0.5) is 5.69 Å². The molecule has 0 amide bonds. The van der Waals surface area contributed by atoms with E-state index in [-0.39, 0.29) is 24.9 Å². The number of rotatable bonds is 8. The van der Waals surface area contributed by atoms with Crippen LogP contribution >= 0.6 is 0 Å². The molecular weight excluding hydrogens is 246 g/mol. The predicted molar refractivity (Wildman–Crippen MR) is 73.2 cm³/mol. The van der Waals surface area contributed by atoms with Crippen LogP contribution in [0.5, 0.6) is 5.75 Å². The minimum atomic E-state index is -0.332. The zero-order chi connectivity index (χ0) is 14.1. The number of phenols is 1. The molecule has 0 unspecified atom stereocenters. The number of nitrogens with one attached hydrogen (secondary N) is 1. The van der Waals surface area contributed by atoms with Gasteiger partial charge in [-0.2, -0.15) is 0 Å². The Hall–Kier alpha value is -1.75. The second kappa shape index (κ2) is 8.37. The molecule has 2 N–H and O–H groups in total. The standard InChI is InChI=1S/C14H21NO4/c1-11(2)10-18-7-8-19-14(17)9-15-12-3-5-13(16)6-4-12/h3-6,11,15-16H,7-10H2,1-2H3. The quantitative estimate of drug-likeness (QED) is 0.428. The van der Waals surface area contributed by atoms with Gasteiger partial charge in [0.1, 0.15) is 18.9 Å². The first-order valence-electron chi connectivity index (χ1n) is 6.34. The summed E-state index contributed by atoms with van der Waals surface area (Å²) in [7, 11) is 0. The van der Waals surface area contributed by atoms with Crippen molar-refractivity contribution in [2.24, 2.45) is 5.92 Å². The van der Waals surface area contributed by atoms with E-state index in [1.54, 1.807) is 24.3 Å². The maximum absolute atomic E-state index is 11.4. The Morgan fingerprint density at radius 2 is 1.95 bits per heavy atom. The molecule has 0 aliphatic rings. The average molecular weight is 267 g/mol. The molecule has 0 heterocycles. The summed E-state index contributed by atoms with van der Waals surface area (Å²) in [6.45, 7) is 5.57. The Morgan fingerprint density at radius 1 is 1.26 bits per heavy atom. The van der Waals surface area contributed by atoms with Crippen molar-refractivity contribution in [2.75, 3.05) is 31.7 Å². The minimum absolute atomic E-state index is 0.0922. The molecule has 0 saturated carbocycles. The molecule has 0 spiro atoms. The van der Waals surface area contributed by atoms with Gasteiger partial charge in [-0.3, -0.25) is 4.79 Å². The second-order valence-corrected chi connectivity index (χ2v) is 4.59. The Morgan fingerprint density at radius 3 is 2.58 bits per heavy atom. The number of carbonyl (C=O) groups excluding carboxylic acids is 1. The molecule has 0 aliphatic carbocycles. The van der Waals surface area contributed by atoms with E-state index in [1.807, 2.05) is 0 Å². The molecule has 0 fully saturated rings. The number of carbonyl (C=O) groups is 1. The number of anilines is 1. The Bertz CT molecular complexity index is 376. The molecule has 1 rings (SSSR count). The van der Waals surface area contributed by atoms with Crippen molar-refractivity contribution in [3.8, 4) is 5.75 Å². The lowest BCUT2D eigenvalue weighted by Gasteiger charge is -2.09. The number of hydrogen-bond acceptors (Lipinski definition) is 5. The molecule has 106 valence electrons. The van der Waals surface area contributed by atoms with Crippen LogP contribution in [0.3, 0.4) is 0 Å². The summed E-state index contributed by atoms with van der Waals surface area (Å²) in [5.74, 6) is 0.337. The highest BCUT2D eigenvalue weighted by Crippen LogP contribution is 2.13. The first-order chi connectivity index (χ1) is 9.08. The lowest BCUT2D eigenvalue weighted by atomic mass is 10.2. The monoisotopic (exact) mass is 267 g/mol. The van der Waals surface area contributed by atoms with Crippen LogP contribution in [0.25, 0.3) is 0 Å². The third-order valence-corrected chi connectivity index (χ3v) is 2.25. The summed E-state index contributed by atoms with van der Waals surface area (Å²) in [5.41, 5.74) is 0.755. The first kappa shape index (κ1) is 15.3. The van der Waals surface area contributed by atoms with Gasteiger partial charge in [0.15, 0.2) is 0 Å². The van der Waals surface area contributed by atoms with E-state index in [2.05, 4.69) is 19.2 Å². The van der Waals surface area contributed by atoms with Crippen molar-refractivity contribution >= 4 is 11.7 Å². The second-order valence-electron chi connectivity index (χ2n) is 4.59. The van der Waals surface area contributed by atoms with E-state index < -0.39 is 0 Å². The fourth-order valence-electron chi connectivity index (χ4n) is 1.34. The Balaban J connectivity index is 2.09. The van der Waals surface area contributed by atoms with Crippen LogP contribution in [0.1, 0.15) is 13.8 Å². The number of ether oxygens (including phenoxy) is 2. The molecule has 0 aromatic heterocycles. The molecule has 1 aromatic rings. The van der Waals surface area contributed by atoms with E-state index in [1.165, 1.54) is 0 Å². The normalized spacial score (nSPS) is 10.5. The summed E-state index contributed by atoms with van der Waals surface area (Å²) in [4.78, 5) is 11.4. The minimum Gasteiger partial charge on any atom is -0.508 e. The van der Waals surface area contributed by atoms with Gasteiger partial charge in [-0.05, 0) is 30.2 Å². The van der Waals surface area contributed by atoms with Crippen molar-refractivity contribution in [2.45, 2.75) is 13.8 Å². The highest BCUT2D eigenvalue weighted by atomic mass is 16.6. The molecule has 0 atom stereocenters. The highest BCUT2D eigenvalue weighted by Gasteiger charge is 2.02. The molecular formula is C14H21NO4. The molecule has 0 aliphatic heterocycles. The van der Waals surface area contributed by atoms with Gasteiger partial charge in [0, 0.05) is 12.3 Å². The lowest BCUT2D eigenvalue weighted by Crippen LogP contribution is -2.19. The van der Waals surface area contributed by atoms with Gasteiger partial charge in [0.05, 0.1) is 6.61 Å². The maximum Gasteiger partial charge on any atom is 0.325 e. The molecule has 0 radical (unpaired) electrons. The summed E-state index contributed by atoms with van der Waals surface area (Å²) in [6.07, 6.45) is 0. The van der Waals surface area contributed by atoms with Gasteiger partial charge in [-0.25, -0.2) is 0 Å². The molecule has 0 saturated heterocycles. The van der Waals surface area contributed by atoms with Crippen molar-refractivity contribution in [3.05, 3.63) is 24.3 Å². The molecule has 1 aromatic carbocycles. The lowest BCUT2D eigenvalue weighted by molar-refractivity contribution is -0.143. The smallest absolute Gasteiger partial charge is 0.325 e.